The van der Waals surface area contributed by atoms with E-state index in [0.29, 0.717) is 54.3 Å². The molecule has 0 unspecified atom stereocenters. The number of benzene rings is 1. The Balaban J connectivity index is 1.97. The molecule has 2 aromatic carbocycles. The summed E-state index contributed by atoms with van der Waals surface area (Å²) in [6.07, 6.45) is 1.77. The van der Waals surface area contributed by atoms with E-state index in [2.05, 4.69) is 20.7 Å². The Morgan fingerprint density at radius 1 is 1.00 bits per heavy atom. The molecular formula is C28H35N3O8. The Labute approximate surface area is 227 Å². The highest BCUT2D eigenvalue weighted by molar-refractivity contribution is 5.84. The zero-order chi connectivity index (χ0) is 28.5. The second-order valence-corrected chi connectivity index (χ2v) is 8.98. The molecule has 0 aliphatic heterocycles. The molecule has 0 saturated heterocycles. The number of ether oxygens (including phenoxy) is 4. The number of aryl methyl sites for hydroxylation is 1. The van der Waals surface area contributed by atoms with E-state index in [1.165, 1.54) is 27.2 Å². The molecule has 1 atom stereocenters. The molecule has 3 rings (SSSR count). The number of carbonyl (C=O) groups excluding carboxylic acids is 3. The van der Waals surface area contributed by atoms with E-state index in [0.717, 1.165) is 16.7 Å². The van der Waals surface area contributed by atoms with Gasteiger partial charge in [-0.3, -0.25) is 19.2 Å². The van der Waals surface area contributed by atoms with Crippen molar-refractivity contribution in [2.24, 2.45) is 0 Å². The van der Waals surface area contributed by atoms with Gasteiger partial charge < -0.3 is 34.9 Å². The summed E-state index contributed by atoms with van der Waals surface area (Å²) in [5.41, 5.74) is 3.18. The fraction of sp³-hybridized carbons (Fsp3) is 0.429. The first-order valence-corrected chi connectivity index (χ1v) is 12.6. The van der Waals surface area contributed by atoms with Gasteiger partial charge in [-0.15, -0.1) is 0 Å². The molecule has 0 fully saturated rings. The Kier molecular flexibility index (Phi) is 10.1. The van der Waals surface area contributed by atoms with Gasteiger partial charge in [-0.05, 0) is 54.2 Å². The van der Waals surface area contributed by atoms with Gasteiger partial charge in [0.1, 0.15) is 6.54 Å². The Morgan fingerprint density at radius 2 is 1.74 bits per heavy atom. The smallest absolute Gasteiger partial charge is 0.325 e. The first-order valence-electron chi connectivity index (χ1n) is 12.6. The lowest BCUT2D eigenvalue weighted by Gasteiger charge is -2.19. The van der Waals surface area contributed by atoms with Gasteiger partial charge in [-0.2, -0.15) is 0 Å². The van der Waals surface area contributed by atoms with Crippen LogP contribution in [0.4, 0.5) is 5.69 Å². The lowest BCUT2D eigenvalue weighted by atomic mass is 9.95. The third-order valence-electron chi connectivity index (χ3n) is 6.47. The first-order chi connectivity index (χ1) is 18.7. The van der Waals surface area contributed by atoms with Crippen LogP contribution in [0.25, 0.3) is 11.1 Å². The summed E-state index contributed by atoms with van der Waals surface area (Å²) in [5.74, 6) is 0.405. The van der Waals surface area contributed by atoms with E-state index in [-0.39, 0.29) is 30.2 Å². The van der Waals surface area contributed by atoms with Crippen LogP contribution in [0.5, 0.6) is 17.2 Å². The molecule has 0 heterocycles. The number of amides is 2. The summed E-state index contributed by atoms with van der Waals surface area (Å²) in [4.78, 5) is 48.4. The van der Waals surface area contributed by atoms with Crippen molar-refractivity contribution in [3.63, 3.8) is 0 Å². The monoisotopic (exact) mass is 541 g/mol. The van der Waals surface area contributed by atoms with Crippen LogP contribution >= 0.6 is 0 Å². The number of anilines is 1. The minimum atomic E-state index is -0.527. The molecule has 2 aromatic rings. The maximum absolute atomic E-state index is 13.3. The van der Waals surface area contributed by atoms with Crippen LogP contribution in [0.1, 0.15) is 43.4 Å². The van der Waals surface area contributed by atoms with Gasteiger partial charge in [0, 0.05) is 25.5 Å². The summed E-state index contributed by atoms with van der Waals surface area (Å²) in [7, 11) is 5.88. The maximum Gasteiger partial charge on any atom is 0.325 e. The number of hydrogen-bond acceptors (Lipinski definition) is 9. The summed E-state index contributed by atoms with van der Waals surface area (Å²) in [6.45, 7) is 1.61. The second kappa shape index (κ2) is 13.5. The zero-order valence-electron chi connectivity index (χ0n) is 22.9. The van der Waals surface area contributed by atoms with E-state index in [1.807, 2.05) is 12.1 Å². The van der Waals surface area contributed by atoms with Crippen molar-refractivity contribution in [2.75, 3.05) is 46.8 Å². The summed E-state index contributed by atoms with van der Waals surface area (Å²) in [6, 6.07) is 6.54. The molecule has 0 bridgehead atoms. The van der Waals surface area contributed by atoms with Gasteiger partial charge in [-0.25, -0.2) is 0 Å². The molecule has 0 aromatic heterocycles. The third kappa shape index (κ3) is 6.98. The zero-order valence-corrected chi connectivity index (χ0v) is 22.9. The van der Waals surface area contributed by atoms with Crippen molar-refractivity contribution < 1.29 is 33.3 Å². The van der Waals surface area contributed by atoms with E-state index in [9.17, 15) is 19.2 Å². The highest BCUT2D eigenvalue weighted by Crippen LogP contribution is 2.50. The predicted octanol–water partition coefficient (Wildman–Crippen LogP) is 2.34. The van der Waals surface area contributed by atoms with Crippen molar-refractivity contribution in [2.45, 2.75) is 38.6 Å². The van der Waals surface area contributed by atoms with Crippen LogP contribution in [-0.4, -0.2) is 59.3 Å². The third-order valence-corrected chi connectivity index (χ3v) is 6.47. The van der Waals surface area contributed by atoms with Gasteiger partial charge in [0.05, 0.1) is 40.2 Å². The molecule has 1 aliphatic rings. The van der Waals surface area contributed by atoms with Crippen molar-refractivity contribution in [1.82, 2.24) is 10.6 Å². The van der Waals surface area contributed by atoms with Gasteiger partial charge >= 0.3 is 5.97 Å². The molecule has 3 N–H and O–H groups in total. The number of methoxy groups -OCH3 is 4. The number of hydrogen-bond donors (Lipinski definition) is 3. The topological polar surface area (TPSA) is 141 Å². The molecule has 39 heavy (non-hydrogen) atoms. The molecule has 11 heteroatoms. The quantitative estimate of drug-likeness (QED) is 0.289. The number of fused-ring (bicyclic) bond motifs is 3. The molecule has 210 valence electrons. The van der Waals surface area contributed by atoms with Crippen molar-refractivity contribution in [1.29, 1.82) is 0 Å². The van der Waals surface area contributed by atoms with Crippen molar-refractivity contribution in [3.05, 3.63) is 45.6 Å². The van der Waals surface area contributed by atoms with E-state index in [4.69, 9.17) is 14.2 Å². The highest BCUT2D eigenvalue weighted by atomic mass is 16.5. The van der Waals surface area contributed by atoms with Crippen LogP contribution in [0.2, 0.25) is 0 Å². The minimum Gasteiger partial charge on any atom is -0.493 e. The minimum absolute atomic E-state index is 0.171. The molecule has 0 radical (unpaired) electrons. The maximum atomic E-state index is 13.3. The SMILES string of the molecule is COC(=O)CNC(=O)CCCNc1ccc2c(cc1=O)[C@@H](NC(C)=O)CCc1cc(OC)c(OC)c(OC)c1-2. The Bertz CT molecular complexity index is 1290. The number of rotatable bonds is 11. The Hall–Kier alpha value is -4.28. The number of nitrogens with one attached hydrogen (secondary N) is 3. The molecule has 2 amide bonds. The lowest BCUT2D eigenvalue weighted by Crippen LogP contribution is -2.30. The average molecular weight is 542 g/mol. The molecule has 1 aliphatic carbocycles. The molecule has 0 spiro atoms. The van der Waals surface area contributed by atoms with E-state index in [1.54, 1.807) is 20.3 Å². The average Bonchev–Trinajstić information content (AvgIpc) is 3.16. The molecular weight excluding hydrogens is 506 g/mol. The van der Waals surface area contributed by atoms with Crippen molar-refractivity contribution in [3.8, 4) is 28.4 Å². The normalized spacial score (nSPS) is 13.6. The largest absolute Gasteiger partial charge is 0.493 e. The van der Waals surface area contributed by atoms with Gasteiger partial charge in [0.2, 0.25) is 23.0 Å². The summed E-state index contributed by atoms with van der Waals surface area (Å²) >= 11 is 0. The second-order valence-electron chi connectivity index (χ2n) is 8.98. The summed E-state index contributed by atoms with van der Waals surface area (Å²) in [5, 5.41) is 8.56. The summed E-state index contributed by atoms with van der Waals surface area (Å²) < 4.78 is 21.4. The molecule has 11 nitrogen and oxygen atoms in total. The van der Waals surface area contributed by atoms with E-state index < -0.39 is 12.0 Å². The standard InChI is InChI=1S/C28H35N3O8/c1-16(32)31-20-10-8-17-13-23(36-2)27(38-4)28(39-5)26(17)18-9-11-21(22(33)14-19(18)20)29-12-6-7-24(34)30-15-25(35)37-3/h9,11,13-14,20H,6-8,10,12,15H2,1-5H3,(H,29,33)(H,30,34)(H,31,32)/t20-/m0/s1. The van der Waals surface area contributed by atoms with Crippen LogP contribution < -0.4 is 35.6 Å². The van der Waals surface area contributed by atoms with Crippen molar-refractivity contribution >= 4 is 23.5 Å². The van der Waals surface area contributed by atoms with Crippen LogP contribution in [0.3, 0.4) is 0 Å². The number of carbonyl (C=O) groups is 3. The fourth-order valence-corrected chi connectivity index (χ4v) is 4.66. The van der Waals surface area contributed by atoms with Crippen LogP contribution in [-0.2, 0) is 25.5 Å². The van der Waals surface area contributed by atoms with Gasteiger partial charge in [-0.1, -0.05) is 6.07 Å². The Morgan fingerprint density at radius 3 is 2.38 bits per heavy atom. The van der Waals surface area contributed by atoms with Gasteiger partial charge in [0.15, 0.2) is 11.5 Å². The van der Waals surface area contributed by atoms with Crippen LogP contribution in [0, 0.1) is 0 Å². The van der Waals surface area contributed by atoms with Crippen LogP contribution in [0.15, 0.2) is 29.1 Å². The highest BCUT2D eigenvalue weighted by Gasteiger charge is 2.29. The van der Waals surface area contributed by atoms with Gasteiger partial charge in [0.25, 0.3) is 0 Å². The van der Waals surface area contributed by atoms with E-state index >= 15 is 0 Å². The lowest BCUT2D eigenvalue weighted by molar-refractivity contribution is -0.141. The predicted molar refractivity (Wildman–Crippen MR) is 145 cm³/mol. The first kappa shape index (κ1) is 29.3. The number of esters is 1. The molecule has 0 saturated carbocycles. The fourth-order valence-electron chi connectivity index (χ4n) is 4.66.